The summed E-state index contributed by atoms with van der Waals surface area (Å²) in [5.74, 6) is 1.84. The maximum atomic E-state index is 5.26. The highest BCUT2D eigenvalue weighted by atomic mass is 16.5. The van der Waals surface area contributed by atoms with E-state index in [1.54, 1.807) is 7.11 Å². The van der Waals surface area contributed by atoms with Gasteiger partial charge in [-0.25, -0.2) is 0 Å². The van der Waals surface area contributed by atoms with Crippen molar-refractivity contribution in [2.24, 2.45) is 5.92 Å². The monoisotopic (exact) mass is 290 g/mol. The minimum atomic E-state index is 0.391. The van der Waals surface area contributed by atoms with Crippen LogP contribution in [-0.2, 0) is 0 Å². The van der Waals surface area contributed by atoms with Crippen molar-refractivity contribution in [1.29, 1.82) is 0 Å². The van der Waals surface area contributed by atoms with Crippen molar-refractivity contribution in [2.45, 2.75) is 45.2 Å². The van der Waals surface area contributed by atoms with Crippen molar-refractivity contribution < 1.29 is 4.74 Å². The fraction of sp³-hybridized carbons (Fsp3) is 0.667. The maximum Gasteiger partial charge on any atom is 0.118 e. The molecule has 2 unspecified atom stereocenters. The molecule has 1 aliphatic carbocycles. The minimum absolute atomic E-state index is 0.391. The Kier molecular flexibility index (Phi) is 6.07. The predicted molar refractivity (Wildman–Crippen MR) is 88.8 cm³/mol. The van der Waals surface area contributed by atoms with Crippen LogP contribution in [0.1, 0.15) is 44.7 Å². The SMILES string of the molecule is CCCNC(CN(C)C(C)C1CC1)c1ccc(OC)cc1. The van der Waals surface area contributed by atoms with Gasteiger partial charge in [0.2, 0.25) is 0 Å². The second-order valence-electron chi connectivity index (χ2n) is 6.30. The molecule has 1 aromatic rings. The molecule has 3 heteroatoms. The molecule has 21 heavy (non-hydrogen) atoms. The average molecular weight is 290 g/mol. The van der Waals surface area contributed by atoms with Crippen LogP contribution in [0.15, 0.2) is 24.3 Å². The summed E-state index contributed by atoms with van der Waals surface area (Å²) in [5.41, 5.74) is 1.35. The first-order chi connectivity index (χ1) is 10.2. The second-order valence-corrected chi connectivity index (χ2v) is 6.30. The number of hydrogen-bond acceptors (Lipinski definition) is 3. The third kappa shape index (κ3) is 4.72. The van der Waals surface area contributed by atoms with E-state index in [4.69, 9.17) is 4.74 Å². The Labute approximate surface area is 129 Å². The second kappa shape index (κ2) is 7.81. The van der Waals surface area contributed by atoms with Gasteiger partial charge in [-0.3, -0.25) is 0 Å². The number of likely N-dealkylation sites (N-methyl/N-ethyl adjacent to an activating group) is 1. The van der Waals surface area contributed by atoms with Crippen LogP contribution in [0, 0.1) is 5.92 Å². The van der Waals surface area contributed by atoms with Crippen molar-refractivity contribution in [2.75, 3.05) is 27.2 Å². The third-order valence-electron chi connectivity index (χ3n) is 4.63. The normalized spacial score (nSPS) is 17.8. The zero-order valence-electron chi connectivity index (χ0n) is 13.9. The van der Waals surface area contributed by atoms with Crippen LogP contribution in [0.3, 0.4) is 0 Å². The minimum Gasteiger partial charge on any atom is -0.497 e. The van der Waals surface area contributed by atoms with Gasteiger partial charge in [-0.15, -0.1) is 0 Å². The lowest BCUT2D eigenvalue weighted by molar-refractivity contribution is 0.210. The van der Waals surface area contributed by atoms with Crippen LogP contribution >= 0.6 is 0 Å². The molecule has 118 valence electrons. The van der Waals surface area contributed by atoms with Gasteiger partial charge < -0.3 is 15.0 Å². The molecule has 2 rings (SSSR count). The molecule has 1 aliphatic rings. The van der Waals surface area contributed by atoms with Crippen molar-refractivity contribution in [1.82, 2.24) is 10.2 Å². The van der Waals surface area contributed by atoms with E-state index < -0.39 is 0 Å². The molecule has 1 saturated carbocycles. The highest BCUT2D eigenvalue weighted by Crippen LogP contribution is 2.35. The third-order valence-corrected chi connectivity index (χ3v) is 4.63. The van der Waals surface area contributed by atoms with Crippen molar-refractivity contribution in [3.8, 4) is 5.75 Å². The summed E-state index contributed by atoms with van der Waals surface area (Å²) in [7, 11) is 3.97. The standard InChI is InChI=1S/C18H30N2O/c1-5-12-19-18(13-20(3)14(2)15-6-7-15)16-8-10-17(21-4)11-9-16/h8-11,14-15,18-19H,5-7,12-13H2,1-4H3. The molecule has 0 radical (unpaired) electrons. The molecule has 1 N–H and O–H groups in total. The van der Waals surface area contributed by atoms with Crippen LogP contribution in [-0.4, -0.2) is 38.2 Å². The van der Waals surface area contributed by atoms with Gasteiger partial charge in [0.25, 0.3) is 0 Å². The lowest BCUT2D eigenvalue weighted by Crippen LogP contribution is -2.39. The summed E-state index contributed by atoms with van der Waals surface area (Å²) in [6.07, 6.45) is 3.97. The first-order valence-corrected chi connectivity index (χ1v) is 8.23. The van der Waals surface area contributed by atoms with Gasteiger partial charge in [0.05, 0.1) is 7.11 Å². The van der Waals surface area contributed by atoms with Crippen LogP contribution in [0.25, 0.3) is 0 Å². The van der Waals surface area contributed by atoms with Crippen molar-refractivity contribution in [3.63, 3.8) is 0 Å². The lowest BCUT2D eigenvalue weighted by Gasteiger charge is -2.30. The van der Waals surface area contributed by atoms with Gasteiger partial charge in [-0.2, -0.15) is 0 Å². The average Bonchev–Trinajstić information content (AvgIpc) is 3.35. The van der Waals surface area contributed by atoms with Gasteiger partial charge >= 0.3 is 0 Å². The van der Waals surface area contributed by atoms with E-state index in [9.17, 15) is 0 Å². The molecule has 2 atom stereocenters. The Bertz CT molecular complexity index is 414. The summed E-state index contributed by atoms with van der Waals surface area (Å²) in [5, 5.41) is 3.69. The number of ether oxygens (including phenoxy) is 1. The molecule has 0 aromatic heterocycles. The van der Waals surface area contributed by atoms with Crippen molar-refractivity contribution in [3.05, 3.63) is 29.8 Å². The van der Waals surface area contributed by atoms with E-state index in [2.05, 4.69) is 55.4 Å². The van der Waals surface area contributed by atoms with Crippen LogP contribution in [0.2, 0.25) is 0 Å². The van der Waals surface area contributed by atoms with Gasteiger partial charge in [-0.05, 0) is 63.4 Å². The largest absolute Gasteiger partial charge is 0.497 e. The number of benzene rings is 1. The van der Waals surface area contributed by atoms with Gasteiger partial charge in [0, 0.05) is 18.6 Å². The quantitative estimate of drug-likeness (QED) is 0.753. The predicted octanol–water partition coefficient (Wildman–Crippen LogP) is 3.47. The number of methoxy groups -OCH3 is 1. The van der Waals surface area contributed by atoms with E-state index in [0.29, 0.717) is 12.1 Å². The summed E-state index contributed by atoms with van der Waals surface area (Å²) >= 11 is 0. The van der Waals surface area contributed by atoms with Crippen LogP contribution < -0.4 is 10.1 Å². The molecular formula is C18H30N2O. The van der Waals surface area contributed by atoms with E-state index in [-0.39, 0.29) is 0 Å². The molecule has 1 aromatic carbocycles. The fourth-order valence-corrected chi connectivity index (χ4v) is 2.84. The number of hydrogen-bond donors (Lipinski definition) is 1. The van der Waals surface area contributed by atoms with E-state index >= 15 is 0 Å². The Hall–Kier alpha value is -1.06. The molecule has 0 aliphatic heterocycles. The summed E-state index contributed by atoms with van der Waals surface area (Å²) in [6, 6.07) is 9.56. The Morgan fingerprint density at radius 1 is 1.29 bits per heavy atom. The molecule has 1 fully saturated rings. The number of nitrogens with one attached hydrogen (secondary N) is 1. The van der Waals surface area contributed by atoms with E-state index in [0.717, 1.165) is 31.2 Å². The molecule has 0 saturated heterocycles. The summed E-state index contributed by atoms with van der Waals surface area (Å²) < 4.78 is 5.26. The van der Waals surface area contributed by atoms with Gasteiger partial charge in [-0.1, -0.05) is 19.1 Å². The van der Waals surface area contributed by atoms with Crippen LogP contribution in [0.4, 0.5) is 0 Å². The lowest BCUT2D eigenvalue weighted by atomic mass is 10.0. The Morgan fingerprint density at radius 3 is 2.48 bits per heavy atom. The number of nitrogens with zero attached hydrogens (tertiary/aromatic N) is 1. The van der Waals surface area contributed by atoms with Crippen molar-refractivity contribution >= 4 is 0 Å². The maximum absolute atomic E-state index is 5.26. The highest BCUT2D eigenvalue weighted by molar-refractivity contribution is 5.29. The molecule has 0 spiro atoms. The molecular weight excluding hydrogens is 260 g/mol. The molecule has 0 amide bonds. The topological polar surface area (TPSA) is 24.5 Å². The van der Waals surface area contributed by atoms with Gasteiger partial charge in [0.1, 0.15) is 5.75 Å². The molecule has 0 heterocycles. The fourth-order valence-electron chi connectivity index (χ4n) is 2.84. The first kappa shape index (κ1) is 16.3. The molecule has 3 nitrogen and oxygen atoms in total. The Morgan fingerprint density at radius 2 is 1.95 bits per heavy atom. The number of rotatable bonds is 9. The summed E-state index contributed by atoms with van der Waals surface area (Å²) in [6.45, 7) is 6.70. The highest BCUT2D eigenvalue weighted by Gasteiger charge is 2.31. The van der Waals surface area contributed by atoms with E-state index in [1.165, 1.54) is 18.4 Å². The first-order valence-electron chi connectivity index (χ1n) is 8.23. The Balaban J connectivity index is 2.01. The summed E-state index contributed by atoms with van der Waals surface area (Å²) in [4.78, 5) is 2.51. The van der Waals surface area contributed by atoms with Crippen LogP contribution in [0.5, 0.6) is 5.75 Å². The van der Waals surface area contributed by atoms with E-state index in [1.807, 2.05) is 0 Å². The smallest absolute Gasteiger partial charge is 0.118 e. The van der Waals surface area contributed by atoms with Gasteiger partial charge in [0.15, 0.2) is 0 Å². The zero-order chi connectivity index (χ0) is 15.2. The molecule has 0 bridgehead atoms. The zero-order valence-corrected chi connectivity index (χ0v) is 13.9.